The van der Waals surface area contributed by atoms with Gasteiger partial charge in [-0.15, -0.1) is 11.3 Å². The number of benzene rings is 1. The van der Waals surface area contributed by atoms with Crippen molar-refractivity contribution in [3.63, 3.8) is 0 Å². The van der Waals surface area contributed by atoms with E-state index in [1.807, 2.05) is 24.3 Å². The van der Waals surface area contributed by atoms with E-state index in [9.17, 15) is 14.4 Å². The monoisotopic (exact) mass is 362 g/mol. The van der Waals surface area contributed by atoms with Gasteiger partial charge in [-0.3, -0.25) is 18.7 Å². The van der Waals surface area contributed by atoms with E-state index < -0.39 is 11.2 Å². The second-order valence-corrected chi connectivity index (χ2v) is 7.31. The third kappa shape index (κ3) is 3.26. The number of hydrogen-bond acceptors (Lipinski definition) is 6. The van der Waals surface area contributed by atoms with Crippen molar-refractivity contribution in [2.24, 2.45) is 14.1 Å². The number of nitrogens with one attached hydrogen (secondary N) is 1. The highest BCUT2D eigenvalue weighted by atomic mass is 32.2. The quantitative estimate of drug-likeness (QED) is 0.710. The lowest BCUT2D eigenvalue weighted by Gasteiger charge is -2.10. The summed E-state index contributed by atoms with van der Waals surface area (Å²) in [6.45, 7) is 0. The van der Waals surface area contributed by atoms with Crippen LogP contribution in [0.4, 0.5) is 5.82 Å². The number of carbonyl (C=O) groups excluding carboxylic acids is 1. The molecule has 0 saturated carbocycles. The molecule has 24 heavy (non-hydrogen) atoms. The second kappa shape index (κ2) is 6.62. The maximum Gasteiger partial charge on any atom is 0.332 e. The Balaban J connectivity index is 1.70. The molecule has 0 aliphatic carbocycles. The van der Waals surface area contributed by atoms with Gasteiger partial charge in [-0.25, -0.2) is 9.78 Å². The third-order valence-corrected chi connectivity index (χ3v) is 5.57. The summed E-state index contributed by atoms with van der Waals surface area (Å²) in [5, 5.41) is 2.59. The summed E-state index contributed by atoms with van der Waals surface area (Å²) >= 11 is 2.83. The molecule has 0 unspecified atom stereocenters. The SMILES string of the molecule is Cn1c(NC(=O)CSc2nc3ccccc3s2)cc(=O)n(C)c1=O. The fourth-order valence-electron chi connectivity index (χ4n) is 2.07. The number of amides is 1. The molecule has 0 aliphatic heterocycles. The van der Waals surface area contributed by atoms with Crippen molar-refractivity contribution >= 4 is 45.0 Å². The van der Waals surface area contributed by atoms with Crippen molar-refractivity contribution < 1.29 is 4.79 Å². The number of carbonyl (C=O) groups is 1. The Morgan fingerprint density at radius 3 is 2.75 bits per heavy atom. The van der Waals surface area contributed by atoms with Gasteiger partial charge in [0.25, 0.3) is 5.56 Å². The molecule has 0 radical (unpaired) electrons. The lowest BCUT2D eigenvalue weighted by atomic mass is 10.3. The third-order valence-electron chi connectivity index (χ3n) is 3.39. The maximum absolute atomic E-state index is 12.1. The normalized spacial score (nSPS) is 10.9. The Kier molecular flexibility index (Phi) is 4.54. The first-order valence-corrected chi connectivity index (χ1v) is 8.81. The van der Waals surface area contributed by atoms with Crippen molar-refractivity contribution in [1.82, 2.24) is 14.1 Å². The Labute approximate surface area is 145 Å². The molecule has 9 heteroatoms. The highest BCUT2D eigenvalue weighted by Crippen LogP contribution is 2.29. The Hall–Kier alpha value is -2.39. The summed E-state index contributed by atoms with van der Waals surface area (Å²) in [6, 6.07) is 8.98. The van der Waals surface area contributed by atoms with Gasteiger partial charge in [-0.2, -0.15) is 0 Å². The zero-order chi connectivity index (χ0) is 17.3. The van der Waals surface area contributed by atoms with Crippen LogP contribution in [-0.2, 0) is 18.9 Å². The van der Waals surface area contributed by atoms with Crippen molar-refractivity contribution in [2.75, 3.05) is 11.1 Å². The molecule has 1 amide bonds. The summed E-state index contributed by atoms with van der Waals surface area (Å²) in [5.74, 6) is 0.0176. The van der Waals surface area contributed by atoms with Crippen LogP contribution in [0, 0.1) is 0 Å². The van der Waals surface area contributed by atoms with Gasteiger partial charge >= 0.3 is 5.69 Å². The highest BCUT2D eigenvalue weighted by Gasteiger charge is 2.11. The number of para-hydroxylation sites is 1. The average molecular weight is 362 g/mol. The number of hydrogen-bond donors (Lipinski definition) is 1. The molecule has 7 nitrogen and oxygen atoms in total. The molecule has 2 heterocycles. The highest BCUT2D eigenvalue weighted by molar-refractivity contribution is 8.01. The zero-order valence-electron chi connectivity index (χ0n) is 13.0. The Bertz CT molecular complexity index is 1000. The van der Waals surface area contributed by atoms with Crippen LogP contribution in [0.3, 0.4) is 0 Å². The first-order chi connectivity index (χ1) is 11.5. The molecule has 1 aromatic carbocycles. The van der Waals surface area contributed by atoms with Gasteiger partial charge in [-0.05, 0) is 12.1 Å². The average Bonchev–Trinajstić information content (AvgIpc) is 2.99. The van der Waals surface area contributed by atoms with E-state index in [1.54, 1.807) is 0 Å². The number of rotatable bonds is 4. The van der Waals surface area contributed by atoms with E-state index in [0.29, 0.717) is 0 Å². The van der Waals surface area contributed by atoms with E-state index in [4.69, 9.17) is 0 Å². The zero-order valence-corrected chi connectivity index (χ0v) is 14.6. The van der Waals surface area contributed by atoms with Crippen LogP contribution < -0.4 is 16.6 Å². The van der Waals surface area contributed by atoms with E-state index in [0.717, 1.165) is 19.1 Å². The van der Waals surface area contributed by atoms with Gasteiger partial charge < -0.3 is 5.32 Å². The summed E-state index contributed by atoms with van der Waals surface area (Å²) in [5.41, 5.74) is -0.0526. The molecule has 0 aliphatic rings. The minimum atomic E-state index is -0.489. The van der Waals surface area contributed by atoms with Crippen LogP contribution in [-0.4, -0.2) is 25.8 Å². The standard InChI is InChI=1S/C15H14N4O3S2/c1-18-11(7-13(21)19(2)15(18)22)17-12(20)8-23-14-16-9-5-3-4-6-10(9)24-14/h3-7H,8H2,1-2H3,(H,17,20). The Morgan fingerprint density at radius 2 is 2.00 bits per heavy atom. The molecule has 0 bridgehead atoms. The molecule has 0 fully saturated rings. The van der Waals surface area contributed by atoms with Crippen LogP contribution >= 0.6 is 23.1 Å². The lowest BCUT2D eigenvalue weighted by molar-refractivity contribution is -0.113. The minimum absolute atomic E-state index is 0.142. The maximum atomic E-state index is 12.1. The second-order valence-electron chi connectivity index (χ2n) is 5.05. The largest absolute Gasteiger partial charge is 0.332 e. The van der Waals surface area contributed by atoms with Crippen molar-refractivity contribution in [3.05, 3.63) is 51.2 Å². The van der Waals surface area contributed by atoms with Gasteiger partial charge in [-0.1, -0.05) is 23.9 Å². The van der Waals surface area contributed by atoms with Gasteiger partial charge in [0.15, 0.2) is 4.34 Å². The minimum Gasteiger partial charge on any atom is -0.311 e. The molecule has 2 aromatic heterocycles. The molecule has 0 saturated heterocycles. The number of nitrogens with zero attached hydrogens (tertiary/aromatic N) is 3. The molecule has 3 aromatic rings. The van der Waals surface area contributed by atoms with Crippen molar-refractivity contribution in [1.29, 1.82) is 0 Å². The van der Waals surface area contributed by atoms with Gasteiger partial charge in [0.1, 0.15) is 5.82 Å². The van der Waals surface area contributed by atoms with Gasteiger partial charge in [0, 0.05) is 20.2 Å². The lowest BCUT2D eigenvalue weighted by Crippen LogP contribution is -2.38. The van der Waals surface area contributed by atoms with E-state index in [1.165, 1.54) is 47.8 Å². The number of aromatic nitrogens is 3. The smallest absolute Gasteiger partial charge is 0.311 e. The first-order valence-electron chi connectivity index (χ1n) is 7.01. The van der Waals surface area contributed by atoms with Crippen LogP contribution in [0.1, 0.15) is 0 Å². The van der Waals surface area contributed by atoms with E-state index in [-0.39, 0.29) is 17.5 Å². The predicted molar refractivity (Wildman–Crippen MR) is 95.9 cm³/mol. The summed E-state index contributed by atoms with van der Waals surface area (Å²) in [7, 11) is 2.89. The molecular weight excluding hydrogens is 348 g/mol. The molecular formula is C15H14N4O3S2. The first kappa shape index (κ1) is 16.5. The van der Waals surface area contributed by atoms with Crippen molar-refractivity contribution in [2.45, 2.75) is 4.34 Å². The van der Waals surface area contributed by atoms with Crippen LogP contribution in [0.5, 0.6) is 0 Å². The number of anilines is 1. The summed E-state index contributed by atoms with van der Waals surface area (Å²) in [4.78, 5) is 40.0. The topological polar surface area (TPSA) is 86.0 Å². The molecule has 124 valence electrons. The summed E-state index contributed by atoms with van der Waals surface area (Å²) < 4.78 is 4.06. The van der Waals surface area contributed by atoms with Crippen LogP contribution in [0.2, 0.25) is 0 Å². The fraction of sp³-hybridized carbons (Fsp3) is 0.200. The number of thiazole rings is 1. The fourth-order valence-corrected chi connectivity index (χ4v) is 3.94. The molecule has 3 rings (SSSR count). The van der Waals surface area contributed by atoms with Crippen LogP contribution in [0.15, 0.2) is 44.3 Å². The Morgan fingerprint density at radius 1 is 1.25 bits per heavy atom. The van der Waals surface area contributed by atoms with Crippen molar-refractivity contribution in [3.8, 4) is 0 Å². The molecule has 1 N–H and O–H groups in total. The predicted octanol–water partition coefficient (Wildman–Crippen LogP) is 1.42. The number of fused-ring (bicyclic) bond motifs is 1. The van der Waals surface area contributed by atoms with E-state index in [2.05, 4.69) is 10.3 Å². The number of thioether (sulfide) groups is 1. The van der Waals surface area contributed by atoms with Gasteiger partial charge in [0.2, 0.25) is 5.91 Å². The van der Waals surface area contributed by atoms with E-state index >= 15 is 0 Å². The molecule has 0 atom stereocenters. The van der Waals surface area contributed by atoms with Gasteiger partial charge in [0.05, 0.1) is 16.0 Å². The molecule has 0 spiro atoms. The summed E-state index contributed by atoms with van der Waals surface area (Å²) in [6.07, 6.45) is 0. The van der Waals surface area contributed by atoms with Crippen LogP contribution in [0.25, 0.3) is 10.2 Å².